The third-order valence-electron chi connectivity index (χ3n) is 2.37. The summed E-state index contributed by atoms with van der Waals surface area (Å²) < 4.78 is 5.23. The Morgan fingerprint density at radius 3 is 3.18 bits per heavy atom. The van der Waals surface area contributed by atoms with Crippen molar-refractivity contribution in [3.63, 3.8) is 0 Å². The Bertz CT molecular complexity index is 366. The number of nitrogens with zero attached hydrogens (tertiary/aromatic N) is 1. The Balaban J connectivity index is 0.00000144. The lowest BCUT2D eigenvalue weighted by Crippen LogP contribution is -2.48. The van der Waals surface area contributed by atoms with E-state index in [9.17, 15) is 4.79 Å². The molecule has 2 rings (SSSR count). The number of rotatable bonds is 3. The van der Waals surface area contributed by atoms with Gasteiger partial charge in [-0.05, 0) is 6.42 Å². The molecule has 1 amide bonds. The molecule has 1 aliphatic heterocycles. The molecule has 7 heteroatoms. The molecule has 5 nitrogen and oxygen atoms in total. The molecule has 1 aromatic rings. The van der Waals surface area contributed by atoms with Crippen molar-refractivity contribution in [1.29, 1.82) is 0 Å². The molecule has 2 heterocycles. The first-order valence-electron chi connectivity index (χ1n) is 5.36. The molecule has 1 fully saturated rings. The van der Waals surface area contributed by atoms with Crippen LogP contribution in [-0.2, 0) is 16.0 Å². The van der Waals surface area contributed by atoms with Crippen LogP contribution in [0.4, 0.5) is 5.13 Å². The van der Waals surface area contributed by atoms with E-state index in [0.29, 0.717) is 18.3 Å². The fourth-order valence-electron chi connectivity index (χ4n) is 1.46. The maximum Gasteiger partial charge on any atom is 0.245 e. The molecule has 1 aliphatic rings. The van der Waals surface area contributed by atoms with E-state index < -0.39 is 0 Å². The number of aromatic nitrogens is 1. The van der Waals surface area contributed by atoms with E-state index in [1.165, 1.54) is 16.2 Å². The fraction of sp³-hybridized carbons (Fsp3) is 0.600. The largest absolute Gasteiger partial charge is 0.378 e. The van der Waals surface area contributed by atoms with E-state index in [4.69, 9.17) is 4.74 Å². The van der Waals surface area contributed by atoms with E-state index in [2.05, 4.69) is 22.5 Å². The van der Waals surface area contributed by atoms with Crippen LogP contribution in [0.1, 0.15) is 11.8 Å². The van der Waals surface area contributed by atoms with Gasteiger partial charge in [-0.15, -0.1) is 23.7 Å². The zero-order valence-electron chi connectivity index (χ0n) is 9.56. The second kappa shape index (κ2) is 6.90. The van der Waals surface area contributed by atoms with Crippen LogP contribution in [0.2, 0.25) is 0 Å². The molecule has 1 unspecified atom stereocenters. The summed E-state index contributed by atoms with van der Waals surface area (Å²) in [6, 6.07) is -0.261. The molecule has 1 saturated heterocycles. The highest BCUT2D eigenvalue weighted by Gasteiger charge is 2.21. The van der Waals surface area contributed by atoms with Crippen LogP contribution in [0.15, 0.2) is 6.20 Å². The predicted molar refractivity (Wildman–Crippen MR) is 70.0 cm³/mol. The third-order valence-corrected chi connectivity index (χ3v) is 3.43. The number of hydrogen-bond donors (Lipinski definition) is 2. The van der Waals surface area contributed by atoms with Crippen molar-refractivity contribution < 1.29 is 9.53 Å². The van der Waals surface area contributed by atoms with E-state index in [0.717, 1.165) is 13.0 Å². The second-order valence-electron chi connectivity index (χ2n) is 3.56. The number of halogens is 1. The van der Waals surface area contributed by atoms with Gasteiger partial charge in [-0.25, -0.2) is 4.98 Å². The van der Waals surface area contributed by atoms with Gasteiger partial charge in [0.25, 0.3) is 0 Å². The average Bonchev–Trinajstić information content (AvgIpc) is 2.78. The fourth-order valence-corrected chi connectivity index (χ4v) is 2.21. The van der Waals surface area contributed by atoms with Crippen LogP contribution in [0.5, 0.6) is 0 Å². The molecule has 0 saturated carbocycles. The van der Waals surface area contributed by atoms with Crippen molar-refractivity contribution in [2.75, 3.05) is 25.1 Å². The molecular formula is C10H16ClN3O2S. The Morgan fingerprint density at radius 2 is 2.59 bits per heavy atom. The number of ether oxygens (including phenoxy) is 1. The Hall–Kier alpha value is -0.690. The van der Waals surface area contributed by atoms with Crippen LogP contribution < -0.4 is 10.6 Å². The number of thiazole rings is 1. The lowest BCUT2D eigenvalue weighted by Gasteiger charge is -2.22. The number of carbonyl (C=O) groups excluding carboxylic acids is 1. The van der Waals surface area contributed by atoms with Crippen molar-refractivity contribution >= 4 is 34.8 Å². The SMILES string of the molecule is CCc1cnc(NC(=O)C2COCCN2)s1.Cl. The molecule has 0 aromatic carbocycles. The molecule has 0 aliphatic carbocycles. The summed E-state index contributed by atoms with van der Waals surface area (Å²) in [5, 5.41) is 6.55. The third kappa shape index (κ3) is 3.92. The zero-order chi connectivity index (χ0) is 11.4. The number of morpholine rings is 1. The summed E-state index contributed by atoms with van der Waals surface area (Å²) in [6.07, 6.45) is 2.74. The maximum atomic E-state index is 11.8. The van der Waals surface area contributed by atoms with Crippen molar-refractivity contribution in [3.8, 4) is 0 Å². The molecule has 0 spiro atoms. The van der Waals surface area contributed by atoms with Gasteiger partial charge < -0.3 is 15.4 Å². The summed E-state index contributed by atoms with van der Waals surface area (Å²) in [6.45, 7) is 3.88. The number of nitrogens with one attached hydrogen (secondary N) is 2. The Kier molecular flexibility index (Phi) is 5.84. The molecule has 96 valence electrons. The smallest absolute Gasteiger partial charge is 0.245 e. The average molecular weight is 278 g/mol. The molecular weight excluding hydrogens is 262 g/mol. The van der Waals surface area contributed by atoms with Gasteiger partial charge in [-0.2, -0.15) is 0 Å². The van der Waals surface area contributed by atoms with Gasteiger partial charge in [0, 0.05) is 17.6 Å². The minimum Gasteiger partial charge on any atom is -0.378 e. The Morgan fingerprint density at radius 1 is 1.76 bits per heavy atom. The lowest BCUT2D eigenvalue weighted by atomic mass is 10.2. The molecule has 1 aromatic heterocycles. The number of amides is 1. The van der Waals surface area contributed by atoms with Gasteiger partial charge in [-0.1, -0.05) is 6.92 Å². The van der Waals surface area contributed by atoms with Gasteiger partial charge in [0.2, 0.25) is 5.91 Å². The first-order chi connectivity index (χ1) is 7.79. The van der Waals surface area contributed by atoms with Crippen molar-refractivity contribution in [1.82, 2.24) is 10.3 Å². The summed E-state index contributed by atoms with van der Waals surface area (Å²) in [5.74, 6) is -0.0725. The summed E-state index contributed by atoms with van der Waals surface area (Å²) in [4.78, 5) is 17.1. The quantitative estimate of drug-likeness (QED) is 0.867. The number of carbonyl (C=O) groups is 1. The molecule has 2 N–H and O–H groups in total. The normalized spacial score (nSPS) is 19.5. The first kappa shape index (κ1) is 14.4. The summed E-state index contributed by atoms with van der Waals surface area (Å²) in [7, 11) is 0. The number of aryl methyl sites for hydroxylation is 1. The van der Waals surface area contributed by atoms with Gasteiger partial charge >= 0.3 is 0 Å². The second-order valence-corrected chi connectivity index (χ2v) is 4.67. The first-order valence-corrected chi connectivity index (χ1v) is 6.18. The van der Waals surface area contributed by atoms with Crippen molar-refractivity contribution in [3.05, 3.63) is 11.1 Å². The van der Waals surface area contributed by atoms with Gasteiger partial charge in [0.1, 0.15) is 6.04 Å². The monoisotopic (exact) mass is 277 g/mol. The molecule has 0 radical (unpaired) electrons. The van der Waals surface area contributed by atoms with Crippen LogP contribution in [0.3, 0.4) is 0 Å². The highest BCUT2D eigenvalue weighted by molar-refractivity contribution is 7.15. The number of hydrogen-bond acceptors (Lipinski definition) is 5. The van der Waals surface area contributed by atoms with Gasteiger partial charge in [0.05, 0.1) is 13.2 Å². The zero-order valence-corrected chi connectivity index (χ0v) is 11.2. The maximum absolute atomic E-state index is 11.8. The van der Waals surface area contributed by atoms with Crippen LogP contribution in [-0.4, -0.2) is 36.7 Å². The molecule has 1 atom stereocenters. The standard InChI is InChI=1S/C10H15N3O2S.ClH/c1-2-7-5-12-10(16-7)13-9(14)8-6-15-4-3-11-8;/h5,8,11H,2-4,6H2,1H3,(H,12,13,14);1H. The highest BCUT2D eigenvalue weighted by Crippen LogP contribution is 2.18. The minimum absolute atomic E-state index is 0. The van der Waals surface area contributed by atoms with Crippen molar-refractivity contribution in [2.45, 2.75) is 19.4 Å². The summed E-state index contributed by atoms with van der Waals surface area (Å²) >= 11 is 1.51. The van der Waals surface area contributed by atoms with Crippen LogP contribution >= 0.6 is 23.7 Å². The topological polar surface area (TPSA) is 63.2 Å². The summed E-state index contributed by atoms with van der Waals surface area (Å²) in [5.41, 5.74) is 0. The van der Waals surface area contributed by atoms with E-state index in [1.54, 1.807) is 6.20 Å². The predicted octanol–water partition coefficient (Wildman–Crippen LogP) is 1.05. The van der Waals surface area contributed by atoms with Gasteiger partial charge in [-0.3, -0.25) is 4.79 Å². The lowest BCUT2D eigenvalue weighted by molar-refractivity contribution is -0.120. The van der Waals surface area contributed by atoms with Gasteiger partial charge in [0.15, 0.2) is 5.13 Å². The van der Waals surface area contributed by atoms with E-state index in [-0.39, 0.29) is 24.4 Å². The Labute approximate surface area is 110 Å². The van der Waals surface area contributed by atoms with Crippen LogP contribution in [0.25, 0.3) is 0 Å². The highest BCUT2D eigenvalue weighted by atomic mass is 35.5. The number of anilines is 1. The minimum atomic E-state index is -0.261. The molecule has 17 heavy (non-hydrogen) atoms. The molecule has 0 bridgehead atoms. The van der Waals surface area contributed by atoms with Crippen molar-refractivity contribution in [2.24, 2.45) is 0 Å². The van der Waals surface area contributed by atoms with E-state index >= 15 is 0 Å². The van der Waals surface area contributed by atoms with E-state index in [1.807, 2.05) is 0 Å². The van der Waals surface area contributed by atoms with Crippen LogP contribution in [0, 0.1) is 0 Å².